The standard InChI is InChI=1S/C17H25N3O/c1-11-4-5-13(10-17(11)18-12(2)21)19-14-8-15-6-7-16(9-14)20(15)3/h4-5,10,14-16,19H,6-9H2,1-3H3,(H,18,21). The van der Waals surface area contributed by atoms with Crippen LogP contribution in [0.1, 0.15) is 38.2 Å². The third-order valence-electron chi connectivity index (χ3n) is 5.02. The smallest absolute Gasteiger partial charge is 0.221 e. The molecule has 0 saturated carbocycles. The lowest BCUT2D eigenvalue weighted by atomic mass is 9.97. The Labute approximate surface area is 126 Å². The van der Waals surface area contributed by atoms with E-state index in [1.807, 2.05) is 6.92 Å². The van der Waals surface area contributed by atoms with Crippen LogP contribution in [-0.2, 0) is 4.79 Å². The normalized spacial score (nSPS) is 28.4. The van der Waals surface area contributed by atoms with E-state index in [0.717, 1.165) is 29.0 Å². The van der Waals surface area contributed by atoms with Gasteiger partial charge in [0, 0.05) is 36.4 Å². The molecule has 114 valence electrons. The molecule has 2 saturated heterocycles. The summed E-state index contributed by atoms with van der Waals surface area (Å²) in [6.45, 7) is 3.57. The largest absolute Gasteiger partial charge is 0.382 e. The van der Waals surface area contributed by atoms with E-state index >= 15 is 0 Å². The molecule has 0 aliphatic carbocycles. The third kappa shape index (κ3) is 3.05. The highest BCUT2D eigenvalue weighted by atomic mass is 16.1. The highest BCUT2D eigenvalue weighted by Gasteiger charge is 2.38. The molecule has 2 N–H and O–H groups in total. The summed E-state index contributed by atoms with van der Waals surface area (Å²) < 4.78 is 0. The second kappa shape index (κ2) is 5.68. The number of carbonyl (C=O) groups is 1. The summed E-state index contributed by atoms with van der Waals surface area (Å²) in [6, 6.07) is 8.25. The summed E-state index contributed by atoms with van der Waals surface area (Å²) in [4.78, 5) is 13.8. The zero-order valence-electron chi connectivity index (χ0n) is 13.1. The van der Waals surface area contributed by atoms with Gasteiger partial charge in [-0.1, -0.05) is 6.07 Å². The molecule has 2 atom stereocenters. The number of piperidine rings is 1. The lowest BCUT2D eigenvalue weighted by Crippen LogP contribution is -2.44. The van der Waals surface area contributed by atoms with Crippen molar-refractivity contribution in [3.63, 3.8) is 0 Å². The predicted molar refractivity (Wildman–Crippen MR) is 86.7 cm³/mol. The molecule has 3 rings (SSSR count). The van der Waals surface area contributed by atoms with Gasteiger partial charge in [0.05, 0.1) is 0 Å². The molecule has 1 aromatic carbocycles. The predicted octanol–water partition coefficient (Wildman–Crippen LogP) is 2.99. The Bertz CT molecular complexity index is 529. The molecule has 2 bridgehead atoms. The van der Waals surface area contributed by atoms with E-state index in [1.165, 1.54) is 25.7 Å². The Morgan fingerprint density at radius 3 is 2.52 bits per heavy atom. The number of aryl methyl sites for hydroxylation is 1. The van der Waals surface area contributed by atoms with E-state index in [0.29, 0.717) is 6.04 Å². The molecule has 2 heterocycles. The van der Waals surface area contributed by atoms with Gasteiger partial charge in [-0.05, 0) is 57.4 Å². The van der Waals surface area contributed by atoms with E-state index < -0.39 is 0 Å². The van der Waals surface area contributed by atoms with Gasteiger partial charge < -0.3 is 15.5 Å². The zero-order chi connectivity index (χ0) is 15.0. The summed E-state index contributed by atoms with van der Waals surface area (Å²) in [5, 5.41) is 6.57. The Morgan fingerprint density at radius 1 is 1.24 bits per heavy atom. The van der Waals surface area contributed by atoms with Crippen LogP contribution < -0.4 is 10.6 Å². The molecule has 2 aliphatic heterocycles. The van der Waals surface area contributed by atoms with Crippen molar-refractivity contribution in [2.24, 2.45) is 0 Å². The van der Waals surface area contributed by atoms with Gasteiger partial charge in [0.25, 0.3) is 0 Å². The first-order valence-electron chi connectivity index (χ1n) is 7.89. The molecular weight excluding hydrogens is 262 g/mol. The fourth-order valence-corrected chi connectivity index (χ4v) is 3.80. The molecule has 4 nitrogen and oxygen atoms in total. The second-order valence-electron chi connectivity index (χ2n) is 6.57. The lowest BCUT2D eigenvalue weighted by Gasteiger charge is -2.37. The Hall–Kier alpha value is -1.55. The third-order valence-corrected chi connectivity index (χ3v) is 5.02. The molecule has 2 unspecified atom stereocenters. The van der Waals surface area contributed by atoms with E-state index in [-0.39, 0.29) is 5.91 Å². The number of hydrogen-bond donors (Lipinski definition) is 2. The summed E-state index contributed by atoms with van der Waals surface area (Å²) in [6.07, 6.45) is 5.11. The number of hydrogen-bond acceptors (Lipinski definition) is 3. The first kappa shape index (κ1) is 14.4. The molecule has 1 amide bonds. The average Bonchev–Trinajstić information content (AvgIpc) is 2.64. The number of nitrogens with zero attached hydrogens (tertiary/aromatic N) is 1. The first-order chi connectivity index (χ1) is 10.0. The maximum atomic E-state index is 11.3. The van der Waals surface area contributed by atoms with Crippen LogP contribution in [0, 0.1) is 6.92 Å². The summed E-state index contributed by atoms with van der Waals surface area (Å²) >= 11 is 0. The van der Waals surface area contributed by atoms with Crippen molar-refractivity contribution >= 4 is 17.3 Å². The maximum Gasteiger partial charge on any atom is 0.221 e. The molecule has 0 spiro atoms. The van der Waals surface area contributed by atoms with Gasteiger partial charge in [-0.15, -0.1) is 0 Å². The molecular formula is C17H25N3O. The molecule has 2 aliphatic rings. The van der Waals surface area contributed by atoms with Crippen LogP contribution in [0.5, 0.6) is 0 Å². The highest BCUT2D eigenvalue weighted by molar-refractivity contribution is 5.90. The minimum Gasteiger partial charge on any atom is -0.382 e. The maximum absolute atomic E-state index is 11.3. The molecule has 0 aromatic heterocycles. The van der Waals surface area contributed by atoms with Crippen LogP contribution >= 0.6 is 0 Å². The van der Waals surface area contributed by atoms with Crippen molar-refractivity contribution in [1.29, 1.82) is 0 Å². The topological polar surface area (TPSA) is 44.4 Å². The lowest BCUT2D eigenvalue weighted by molar-refractivity contribution is -0.114. The molecule has 4 heteroatoms. The Morgan fingerprint density at radius 2 is 1.90 bits per heavy atom. The molecule has 21 heavy (non-hydrogen) atoms. The van der Waals surface area contributed by atoms with E-state index in [1.54, 1.807) is 6.92 Å². The van der Waals surface area contributed by atoms with Crippen LogP contribution in [-0.4, -0.2) is 36.0 Å². The zero-order valence-corrected chi connectivity index (χ0v) is 13.1. The van der Waals surface area contributed by atoms with E-state index in [2.05, 4.69) is 40.8 Å². The fourth-order valence-electron chi connectivity index (χ4n) is 3.80. The number of nitrogens with one attached hydrogen (secondary N) is 2. The van der Waals surface area contributed by atoms with Gasteiger partial charge in [0.15, 0.2) is 0 Å². The van der Waals surface area contributed by atoms with Crippen molar-refractivity contribution in [2.75, 3.05) is 17.7 Å². The monoisotopic (exact) mass is 287 g/mol. The number of amides is 1. The van der Waals surface area contributed by atoms with Crippen LogP contribution in [0.4, 0.5) is 11.4 Å². The van der Waals surface area contributed by atoms with Gasteiger partial charge in [-0.2, -0.15) is 0 Å². The van der Waals surface area contributed by atoms with Crippen molar-refractivity contribution in [3.05, 3.63) is 23.8 Å². The number of benzene rings is 1. The molecule has 1 aromatic rings. The quantitative estimate of drug-likeness (QED) is 0.898. The highest BCUT2D eigenvalue weighted by Crippen LogP contribution is 2.35. The van der Waals surface area contributed by atoms with Crippen molar-refractivity contribution in [3.8, 4) is 0 Å². The van der Waals surface area contributed by atoms with Gasteiger partial charge in [-0.25, -0.2) is 0 Å². The van der Waals surface area contributed by atoms with Crippen LogP contribution in [0.25, 0.3) is 0 Å². The summed E-state index contributed by atoms with van der Waals surface area (Å²) in [5.41, 5.74) is 3.11. The second-order valence-corrected chi connectivity index (χ2v) is 6.57. The van der Waals surface area contributed by atoms with E-state index in [9.17, 15) is 4.79 Å². The van der Waals surface area contributed by atoms with Gasteiger partial charge in [-0.3, -0.25) is 4.79 Å². The minimum atomic E-state index is -0.0208. The first-order valence-corrected chi connectivity index (χ1v) is 7.89. The molecule has 2 fully saturated rings. The number of fused-ring (bicyclic) bond motifs is 2. The molecule has 0 radical (unpaired) electrons. The van der Waals surface area contributed by atoms with Crippen molar-refractivity contribution < 1.29 is 4.79 Å². The van der Waals surface area contributed by atoms with Gasteiger partial charge in [0.2, 0.25) is 5.91 Å². The van der Waals surface area contributed by atoms with Crippen LogP contribution in [0.2, 0.25) is 0 Å². The van der Waals surface area contributed by atoms with Crippen molar-refractivity contribution in [1.82, 2.24) is 4.90 Å². The fraction of sp³-hybridized carbons (Fsp3) is 0.588. The number of carbonyl (C=O) groups excluding carboxylic acids is 1. The van der Waals surface area contributed by atoms with Crippen LogP contribution in [0.3, 0.4) is 0 Å². The minimum absolute atomic E-state index is 0.0208. The summed E-state index contributed by atoms with van der Waals surface area (Å²) in [7, 11) is 2.26. The number of anilines is 2. The summed E-state index contributed by atoms with van der Waals surface area (Å²) in [5.74, 6) is -0.0208. The SMILES string of the molecule is CC(=O)Nc1cc(NC2CC3CCC(C2)N3C)ccc1C. The number of rotatable bonds is 3. The van der Waals surface area contributed by atoms with Crippen molar-refractivity contribution in [2.45, 2.75) is 57.7 Å². The average molecular weight is 287 g/mol. The van der Waals surface area contributed by atoms with E-state index in [4.69, 9.17) is 0 Å². The Kier molecular flexibility index (Phi) is 3.89. The van der Waals surface area contributed by atoms with Crippen LogP contribution in [0.15, 0.2) is 18.2 Å². The van der Waals surface area contributed by atoms with Gasteiger partial charge in [0.1, 0.15) is 0 Å². The Balaban J connectivity index is 1.69. The van der Waals surface area contributed by atoms with Gasteiger partial charge >= 0.3 is 0 Å².